The summed E-state index contributed by atoms with van der Waals surface area (Å²) in [7, 11) is 0. The molecule has 102 valence electrons. The molecule has 1 atom stereocenters. The normalized spacial score (nSPS) is 13.3. The fraction of sp³-hybridized carbons (Fsp3) is 0.929. The van der Waals surface area contributed by atoms with Gasteiger partial charge in [-0.1, -0.05) is 40.5 Å². The first kappa shape index (κ1) is 16.4. The zero-order chi connectivity index (χ0) is 13.3. The molecule has 0 aromatic heterocycles. The van der Waals surface area contributed by atoms with Crippen molar-refractivity contribution in [2.24, 2.45) is 11.8 Å². The van der Waals surface area contributed by atoms with Crippen LogP contribution in [0.25, 0.3) is 0 Å². The first-order chi connectivity index (χ1) is 7.97. The largest absolute Gasteiger partial charge is 0.481 e. The van der Waals surface area contributed by atoms with Gasteiger partial charge in [-0.15, -0.1) is 0 Å². The SMILES string of the molecule is CCCCCN(CCC(C)C)CC(C)C(=O)O. The van der Waals surface area contributed by atoms with Crippen LogP contribution in [0.1, 0.15) is 53.4 Å². The van der Waals surface area contributed by atoms with Gasteiger partial charge in [0.25, 0.3) is 0 Å². The van der Waals surface area contributed by atoms with Crippen LogP contribution in [0.15, 0.2) is 0 Å². The van der Waals surface area contributed by atoms with Gasteiger partial charge in [-0.2, -0.15) is 0 Å². The van der Waals surface area contributed by atoms with E-state index in [4.69, 9.17) is 5.11 Å². The van der Waals surface area contributed by atoms with Gasteiger partial charge in [0, 0.05) is 6.54 Å². The summed E-state index contributed by atoms with van der Waals surface area (Å²) in [5.41, 5.74) is 0. The van der Waals surface area contributed by atoms with Crippen LogP contribution in [-0.4, -0.2) is 35.6 Å². The van der Waals surface area contributed by atoms with Gasteiger partial charge in [-0.25, -0.2) is 0 Å². The van der Waals surface area contributed by atoms with Crippen molar-refractivity contribution >= 4 is 5.97 Å². The number of hydrogen-bond acceptors (Lipinski definition) is 2. The fourth-order valence-corrected chi connectivity index (χ4v) is 1.79. The van der Waals surface area contributed by atoms with Gasteiger partial charge in [0.2, 0.25) is 0 Å². The van der Waals surface area contributed by atoms with Gasteiger partial charge in [-0.05, 0) is 31.8 Å². The zero-order valence-electron chi connectivity index (χ0n) is 11.9. The minimum Gasteiger partial charge on any atom is -0.481 e. The van der Waals surface area contributed by atoms with Crippen LogP contribution >= 0.6 is 0 Å². The average Bonchev–Trinajstić information content (AvgIpc) is 2.25. The van der Waals surface area contributed by atoms with Gasteiger partial charge in [0.15, 0.2) is 0 Å². The second-order valence-electron chi connectivity index (χ2n) is 5.43. The topological polar surface area (TPSA) is 40.5 Å². The molecule has 0 aliphatic heterocycles. The smallest absolute Gasteiger partial charge is 0.307 e. The van der Waals surface area contributed by atoms with Crippen LogP contribution in [0.4, 0.5) is 0 Å². The van der Waals surface area contributed by atoms with E-state index < -0.39 is 5.97 Å². The lowest BCUT2D eigenvalue weighted by molar-refractivity contribution is -0.141. The highest BCUT2D eigenvalue weighted by Crippen LogP contribution is 2.08. The second-order valence-corrected chi connectivity index (χ2v) is 5.43. The van der Waals surface area contributed by atoms with E-state index in [0.29, 0.717) is 12.5 Å². The van der Waals surface area contributed by atoms with Gasteiger partial charge >= 0.3 is 5.97 Å². The Morgan fingerprint density at radius 1 is 1.18 bits per heavy atom. The summed E-state index contributed by atoms with van der Waals surface area (Å²) in [6.07, 6.45) is 4.78. The van der Waals surface area contributed by atoms with E-state index in [1.807, 2.05) is 0 Å². The Bertz CT molecular complexity index is 204. The maximum absolute atomic E-state index is 10.9. The van der Waals surface area contributed by atoms with E-state index in [0.717, 1.165) is 19.5 Å². The third kappa shape index (κ3) is 9.16. The summed E-state index contributed by atoms with van der Waals surface area (Å²) in [6, 6.07) is 0. The molecule has 0 rings (SSSR count). The Morgan fingerprint density at radius 2 is 1.82 bits per heavy atom. The zero-order valence-corrected chi connectivity index (χ0v) is 11.9. The molecule has 0 fully saturated rings. The number of rotatable bonds is 10. The Balaban J connectivity index is 4.04. The van der Waals surface area contributed by atoms with Gasteiger partial charge < -0.3 is 10.0 Å². The summed E-state index contributed by atoms with van der Waals surface area (Å²) in [6.45, 7) is 11.2. The minimum absolute atomic E-state index is 0.260. The van der Waals surface area contributed by atoms with E-state index in [2.05, 4.69) is 25.7 Å². The molecule has 1 N–H and O–H groups in total. The number of carbonyl (C=O) groups is 1. The van der Waals surface area contributed by atoms with Crippen molar-refractivity contribution in [3.63, 3.8) is 0 Å². The number of aliphatic carboxylic acids is 1. The molecule has 0 radical (unpaired) electrons. The van der Waals surface area contributed by atoms with Crippen LogP contribution < -0.4 is 0 Å². The number of carboxylic acid groups (broad SMARTS) is 1. The molecule has 0 spiro atoms. The molecule has 17 heavy (non-hydrogen) atoms. The molecule has 3 heteroatoms. The summed E-state index contributed by atoms with van der Waals surface area (Å²) in [5.74, 6) is -0.261. The third-order valence-corrected chi connectivity index (χ3v) is 3.05. The fourth-order valence-electron chi connectivity index (χ4n) is 1.79. The van der Waals surface area contributed by atoms with Crippen molar-refractivity contribution in [3.8, 4) is 0 Å². The molecular formula is C14H29NO2. The molecule has 0 aromatic rings. The number of carboxylic acids is 1. The van der Waals surface area contributed by atoms with Gasteiger partial charge in [0.05, 0.1) is 5.92 Å². The summed E-state index contributed by atoms with van der Waals surface area (Å²) < 4.78 is 0. The molecule has 0 saturated heterocycles. The molecule has 3 nitrogen and oxygen atoms in total. The highest BCUT2D eigenvalue weighted by Gasteiger charge is 2.15. The van der Waals surface area contributed by atoms with E-state index in [-0.39, 0.29) is 5.92 Å². The lowest BCUT2D eigenvalue weighted by Crippen LogP contribution is -2.34. The Hall–Kier alpha value is -0.570. The van der Waals surface area contributed by atoms with E-state index in [1.54, 1.807) is 6.92 Å². The maximum atomic E-state index is 10.9. The standard InChI is InChI=1S/C14H29NO2/c1-5-6-7-9-15(10-8-12(2)3)11-13(4)14(16)17/h12-13H,5-11H2,1-4H3,(H,16,17). The van der Waals surface area contributed by atoms with E-state index >= 15 is 0 Å². The first-order valence-electron chi connectivity index (χ1n) is 6.92. The molecule has 0 aromatic carbocycles. The highest BCUT2D eigenvalue weighted by atomic mass is 16.4. The van der Waals surface area contributed by atoms with Crippen LogP contribution in [-0.2, 0) is 4.79 Å². The summed E-state index contributed by atoms with van der Waals surface area (Å²) in [4.78, 5) is 13.2. The molecule has 0 aliphatic rings. The lowest BCUT2D eigenvalue weighted by atomic mass is 10.1. The molecule has 0 amide bonds. The Morgan fingerprint density at radius 3 is 2.29 bits per heavy atom. The van der Waals surface area contributed by atoms with E-state index in [9.17, 15) is 4.79 Å². The predicted octanol–water partition coefficient (Wildman–Crippen LogP) is 3.25. The van der Waals surface area contributed by atoms with Crippen molar-refractivity contribution < 1.29 is 9.90 Å². The molecule has 0 bridgehead atoms. The van der Waals surface area contributed by atoms with Crippen molar-refractivity contribution in [3.05, 3.63) is 0 Å². The number of unbranched alkanes of at least 4 members (excludes halogenated alkanes) is 2. The Labute approximate surface area is 106 Å². The first-order valence-corrected chi connectivity index (χ1v) is 6.92. The van der Waals surface area contributed by atoms with Crippen molar-refractivity contribution in [1.82, 2.24) is 4.90 Å². The molecule has 1 unspecified atom stereocenters. The van der Waals surface area contributed by atoms with Crippen molar-refractivity contribution in [2.75, 3.05) is 19.6 Å². The van der Waals surface area contributed by atoms with Crippen LogP contribution in [0.3, 0.4) is 0 Å². The van der Waals surface area contributed by atoms with Crippen molar-refractivity contribution in [1.29, 1.82) is 0 Å². The predicted molar refractivity (Wildman–Crippen MR) is 72.2 cm³/mol. The number of nitrogens with zero attached hydrogens (tertiary/aromatic N) is 1. The van der Waals surface area contributed by atoms with E-state index in [1.165, 1.54) is 19.3 Å². The average molecular weight is 243 g/mol. The van der Waals surface area contributed by atoms with Crippen molar-refractivity contribution in [2.45, 2.75) is 53.4 Å². The molecule has 0 aliphatic carbocycles. The van der Waals surface area contributed by atoms with Crippen LogP contribution in [0.5, 0.6) is 0 Å². The lowest BCUT2D eigenvalue weighted by Gasteiger charge is -2.25. The highest BCUT2D eigenvalue weighted by molar-refractivity contribution is 5.69. The maximum Gasteiger partial charge on any atom is 0.307 e. The minimum atomic E-state index is -0.685. The Kier molecular flexibility index (Phi) is 9.14. The third-order valence-electron chi connectivity index (χ3n) is 3.05. The molecule has 0 saturated carbocycles. The number of hydrogen-bond donors (Lipinski definition) is 1. The van der Waals surface area contributed by atoms with Gasteiger partial charge in [0.1, 0.15) is 0 Å². The molecule has 0 heterocycles. The monoisotopic (exact) mass is 243 g/mol. The quantitative estimate of drug-likeness (QED) is 0.599. The van der Waals surface area contributed by atoms with Gasteiger partial charge in [-0.3, -0.25) is 4.79 Å². The molecular weight excluding hydrogens is 214 g/mol. The van der Waals surface area contributed by atoms with Crippen LogP contribution in [0.2, 0.25) is 0 Å². The summed E-state index contributed by atoms with van der Waals surface area (Å²) >= 11 is 0. The second kappa shape index (κ2) is 9.46. The summed E-state index contributed by atoms with van der Waals surface area (Å²) in [5, 5.41) is 8.95. The van der Waals surface area contributed by atoms with Crippen LogP contribution in [0, 0.1) is 11.8 Å².